The normalized spacial score (nSPS) is 12.7. The van der Waals surface area contributed by atoms with Gasteiger partial charge in [-0.05, 0) is 25.6 Å². The third-order valence-electron chi connectivity index (χ3n) is 3.25. The number of anilines is 1. The molecule has 0 aliphatic rings. The highest BCUT2D eigenvalue weighted by atomic mass is 16.5. The average Bonchev–Trinajstić information content (AvgIpc) is 2.92. The van der Waals surface area contributed by atoms with Gasteiger partial charge in [-0.3, -0.25) is 4.90 Å². The van der Waals surface area contributed by atoms with Crippen molar-refractivity contribution < 1.29 is 4.52 Å². The van der Waals surface area contributed by atoms with Crippen molar-refractivity contribution in [1.29, 1.82) is 0 Å². The molecule has 2 aromatic rings. The topological polar surface area (TPSA) is 45.4 Å². The minimum Gasteiger partial charge on any atom is -0.364 e. The molecule has 0 saturated carbocycles. The zero-order valence-corrected chi connectivity index (χ0v) is 11.9. The Kier molecular flexibility index (Phi) is 4.16. The van der Waals surface area contributed by atoms with Gasteiger partial charge in [0.15, 0.2) is 0 Å². The van der Waals surface area contributed by atoms with Gasteiger partial charge in [-0.2, -0.15) is 0 Å². The predicted molar refractivity (Wildman–Crippen MR) is 74.9 cm³/mol. The molecular formula is C14H20N4O. The van der Waals surface area contributed by atoms with Crippen molar-refractivity contribution in [3.05, 3.63) is 41.9 Å². The molecule has 2 heterocycles. The Balaban J connectivity index is 2.00. The summed E-state index contributed by atoms with van der Waals surface area (Å²) in [4.78, 5) is 8.62. The highest BCUT2D eigenvalue weighted by Gasteiger charge is 2.14. The molecule has 0 amide bonds. The van der Waals surface area contributed by atoms with Crippen LogP contribution in [0.15, 0.2) is 35.2 Å². The third-order valence-corrected chi connectivity index (χ3v) is 3.25. The summed E-state index contributed by atoms with van der Waals surface area (Å²) in [5, 5.41) is 3.98. The molecule has 2 rings (SSSR count). The smallest absolute Gasteiger partial charge is 0.127 e. The van der Waals surface area contributed by atoms with Crippen LogP contribution in [0.3, 0.4) is 0 Å². The van der Waals surface area contributed by atoms with E-state index in [-0.39, 0.29) is 6.04 Å². The van der Waals surface area contributed by atoms with Crippen molar-refractivity contribution in [2.45, 2.75) is 19.5 Å². The molecule has 0 spiro atoms. The van der Waals surface area contributed by atoms with E-state index in [1.54, 1.807) is 6.26 Å². The van der Waals surface area contributed by atoms with Crippen LogP contribution < -0.4 is 4.90 Å². The lowest BCUT2D eigenvalue weighted by molar-refractivity contribution is 0.240. The van der Waals surface area contributed by atoms with E-state index < -0.39 is 0 Å². The summed E-state index contributed by atoms with van der Waals surface area (Å²) in [7, 11) is 6.04. The second-order valence-corrected chi connectivity index (χ2v) is 4.93. The van der Waals surface area contributed by atoms with Gasteiger partial charge in [-0.25, -0.2) is 4.98 Å². The van der Waals surface area contributed by atoms with E-state index in [2.05, 4.69) is 35.1 Å². The predicted octanol–water partition coefficient (Wildman–Crippen LogP) is 2.33. The maximum atomic E-state index is 4.88. The van der Waals surface area contributed by atoms with Gasteiger partial charge in [0.2, 0.25) is 0 Å². The minimum atomic E-state index is 0.215. The SMILES string of the molecule is C[C@@H](c1ccon1)N(C)Cc1ccc(N(C)C)nc1. The molecular weight excluding hydrogens is 240 g/mol. The minimum absolute atomic E-state index is 0.215. The lowest BCUT2D eigenvalue weighted by Crippen LogP contribution is -2.22. The zero-order valence-electron chi connectivity index (χ0n) is 11.9. The molecule has 5 heteroatoms. The van der Waals surface area contributed by atoms with Gasteiger partial charge in [0.1, 0.15) is 17.8 Å². The molecule has 1 atom stereocenters. The van der Waals surface area contributed by atoms with Gasteiger partial charge in [-0.1, -0.05) is 11.2 Å². The average molecular weight is 260 g/mol. The van der Waals surface area contributed by atoms with Crippen LogP contribution in [0, 0.1) is 0 Å². The number of hydrogen-bond acceptors (Lipinski definition) is 5. The molecule has 2 aromatic heterocycles. The quantitative estimate of drug-likeness (QED) is 0.825. The molecule has 0 saturated heterocycles. The summed E-state index contributed by atoms with van der Waals surface area (Å²) in [5.41, 5.74) is 2.13. The van der Waals surface area contributed by atoms with Crippen molar-refractivity contribution in [1.82, 2.24) is 15.0 Å². The van der Waals surface area contributed by atoms with E-state index in [9.17, 15) is 0 Å². The zero-order chi connectivity index (χ0) is 13.8. The lowest BCUT2D eigenvalue weighted by Gasteiger charge is -2.22. The van der Waals surface area contributed by atoms with Gasteiger partial charge in [0.25, 0.3) is 0 Å². The molecule has 5 nitrogen and oxygen atoms in total. The van der Waals surface area contributed by atoms with Crippen LogP contribution in [0.2, 0.25) is 0 Å². The summed E-state index contributed by atoms with van der Waals surface area (Å²) in [6, 6.07) is 6.25. The van der Waals surface area contributed by atoms with Crippen LogP contribution in [0.25, 0.3) is 0 Å². The van der Waals surface area contributed by atoms with Gasteiger partial charge in [-0.15, -0.1) is 0 Å². The first kappa shape index (κ1) is 13.5. The van der Waals surface area contributed by atoms with E-state index in [1.165, 1.54) is 5.56 Å². The van der Waals surface area contributed by atoms with Crippen LogP contribution in [0.5, 0.6) is 0 Å². The van der Waals surface area contributed by atoms with E-state index in [0.29, 0.717) is 0 Å². The summed E-state index contributed by atoms with van der Waals surface area (Å²) >= 11 is 0. The Bertz CT molecular complexity index is 493. The Morgan fingerprint density at radius 3 is 2.53 bits per heavy atom. The van der Waals surface area contributed by atoms with Gasteiger partial charge in [0.05, 0.1) is 6.04 Å². The first-order valence-electron chi connectivity index (χ1n) is 6.30. The molecule has 0 radical (unpaired) electrons. The highest BCUT2D eigenvalue weighted by molar-refractivity contribution is 5.37. The third kappa shape index (κ3) is 3.32. The molecule has 0 N–H and O–H groups in total. The molecule has 0 aromatic carbocycles. The van der Waals surface area contributed by atoms with Crippen LogP contribution >= 0.6 is 0 Å². The fraction of sp³-hybridized carbons (Fsp3) is 0.429. The molecule has 0 unspecified atom stereocenters. The Morgan fingerprint density at radius 1 is 1.21 bits per heavy atom. The summed E-state index contributed by atoms with van der Waals surface area (Å²) in [6.45, 7) is 2.94. The highest BCUT2D eigenvalue weighted by Crippen LogP contribution is 2.19. The number of aromatic nitrogens is 2. The van der Waals surface area contributed by atoms with Crippen molar-refractivity contribution in [2.75, 3.05) is 26.0 Å². The number of hydrogen-bond donors (Lipinski definition) is 0. The standard InChI is InChI=1S/C14H20N4O/c1-11(13-7-8-19-16-13)18(4)10-12-5-6-14(15-9-12)17(2)3/h5-9,11H,10H2,1-4H3/t11-/m0/s1. The fourth-order valence-corrected chi connectivity index (χ4v) is 1.86. The monoisotopic (exact) mass is 260 g/mol. The maximum absolute atomic E-state index is 4.88. The fourth-order valence-electron chi connectivity index (χ4n) is 1.86. The van der Waals surface area contributed by atoms with Gasteiger partial charge >= 0.3 is 0 Å². The summed E-state index contributed by atoms with van der Waals surface area (Å²) in [6.07, 6.45) is 3.52. The Labute approximate surface area is 113 Å². The van der Waals surface area contributed by atoms with Crippen molar-refractivity contribution in [2.24, 2.45) is 0 Å². The van der Waals surface area contributed by atoms with Crippen molar-refractivity contribution in [3.8, 4) is 0 Å². The van der Waals surface area contributed by atoms with E-state index in [4.69, 9.17) is 4.52 Å². The number of nitrogens with zero attached hydrogens (tertiary/aromatic N) is 4. The van der Waals surface area contributed by atoms with Gasteiger partial charge in [0, 0.05) is 32.9 Å². The van der Waals surface area contributed by atoms with E-state index in [1.807, 2.05) is 37.3 Å². The summed E-state index contributed by atoms with van der Waals surface area (Å²) in [5.74, 6) is 0.968. The van der Waals surface area contributed by atoms with Crippen LogP contribution in [-0.2, 0) is 6.54 Å². The molecule has 0 fully saturated rings. The number of pyridine rings is 1. The molecule has 102 valence electrons. The first-order chi connectivity index (χ1) is 9.08. The molecule has 0 bridgehead atoms. The molecule has 0 aliphatic heterocycles. The largest absolute Gasteiger partial charge is 0.364 e. The summed E-state index contributed by atoms with van der Waals surface area (Å²) < 4.78 is 4.88. The lowest BCUT2D eigenvalue weighted by atomic mass is 10.2. The van der Waals surface area contributed by atoms with Crippen LogP contribution in [0.4, 0.5) is 5.82 Å². The first-order valence-corrected chi connectivity index (χ1v) is 6.30. The molecule has 0 aliphatic carbocycles. The Hall–Kier alpha value is -1.88. The van der Waals surface area contributed by atoms with E-state index in [0.717, 1.165) is 18.1 Å². The van der Waals surface area contributed by atoms with Gasteiger partial charge < -0.3 is 9.42 Å². The molecule has 19 heavy (non-hydrogen) atoms. The second kappa shape index (κ2) is 5.84. The van der Waals surface area contributed by atoms with Crippen molar-refractivity contribution >= 4 is 5.82 Å². The second-order valence-electron chi connectivity index (χ2n) is 4.93. The van der Waals surface area contributed by atoms with Crippen molar-refractivity contribution in [3.63, 3.8) is 0 Å². The van der Waals surface area contributed by atoms with Crippen LogP contribution in [-0.4, -0.2) is 36.2 Å². The Morgan fingerprint density at radius 2 is 2.00 bits per heavy atom. The maximum Gasteiger partial charge on any atom is 0.127 e. The van der Waals surface area contributed by atoms with Crippen LogP contribution in [0.1, 0.15) is 24.2 Å². The number of rotatable bonds is 5. The van der Waals surface area contributed by atoms with E-state index >= 15 is 0 Å².